The number of rotatable bonds is 7. The maximum atomic E-state index is 12.9. The Morgan fingerprint density at radius 3 is 2.09 bits per heavy atom. The van der Waals surface area contributed by atoms with Crippen LogP contribution in [0.1, 0.15) is 37.2 Å². The molecular weight excluding hydrogens is 556 g/mol. The number of amides is 3. The van der Waals surface area contributed by atoms with Crippen LogP contribution in [0.25, 0.3) is 22.4 Å². The molecule has 2 aliphatic rings. The van der Waals surface area contributed by atoms with Gasteiger partial charge in [-0.15, -0.1) is 0 Å². The van der Waals surface area contributed by atoms with Gasteiger partial charge < -0.3 is 34.6 Å². The van der Waals surface area contributed by atoms with Crippen LogP contribution in [-0.4, -0.2) is 95.3 Å². The van der Waals surface area contributed by atoms with Crippen molar-refractivity contribution in [1.29, 1.82) is 0 Å². The number of piperazine rings is 1. The van der Waals surface area contributed by atoms with Crippen LogP contribution in [0.15, 0.2) is 60.8 Å². The molecule has 0 radical (unpaired) electrons. The highest BCUT2D eigenvalue weighted by molar-refractivity contribution is 6.00. The van der Waals surface area contributed by atoms with Gasteiger partial charge in [0.25, 0.3) is 5.91 Å². The van der Waals surface area contributed by atoms with E-state index in [0.717, 1.165) is 68.2 Å². The number of aromatic nitrogens is 3. The highest BCUT2D eigenvalue weighted by Gasteiger charge is 2.22. The van der Waals surface area contributed by atoms with Crippen LogP contribution in [0.4, 0.5) is 22.0 Å². The summed E-state index contributed by atoms with van der Waals surface area (Å²) in [5.74, 6) is 1.58. The Morgan fingerprint density at radius 2 is 1.48 bits per heavy atom. The number of carbonyl (C=O) groups is 2. The van der Waals surface area contributed by atoms with Gasteiger partial charge >= 0.3 is 6.03 Å². The van der Waals surface area contributed by atoms with Crippen LogP contribution in [0.2, 0.25) is 0 Å². The molecule has 230 valence electrons. The van der Waals surface area contributed by atoms with Crippen LogP contribution in [0.5, 0.6) is 0 Å². The number of fused-ring (bicyclic) bond motifs is 1. The number of hydrogen-bond acceptors (Lipinski definition) is 7. The number of urea groups is 1. The molecule has 2 aliphatic heterocycles. The first kappa shape index (κ1) is 29.6. The van der Waals surface area contributed by atoms with Crippen molar-refractivity contribution in [3.05, 3.63) is 66.4 Å². The highest BCUT2D eigenvalue weighted by Crippen LogP contribution is 2.31. The summed E-state index contributed by atoms with van der Waals surface area (Å²) in [4.78, 5) is 42.1. The van der Waals surface area contributed by atoms with Gasteiger partial charge in [-0.2, -0.15) is 0 Å². The lowest BCUT2D eigenvalue weighted by molar-refractivity contribution is 0.0643. The molecule has 0 atom stereocenters. The molecule has 4 heterocycles. The van der Waals surface area contributed by atoms with Crippen molar-refractivity contribution in [2.75, 3.05) is 74.6 Å². The second kappa shape index (κ2) is 13.0. The van der Waals surface area contributed by atoms with Gasteiger partial charge in [0.1, 0.15) is 11.5 Å². The van der Waals surface area contributed by atoms with Crippen molar-refractivity contribution < 1.29 is 14.3 Å². The third kappa shape index (κ3) is 6.39. The summed E-state index contributed by atoms with van der Waals surface area (Å²) in [6.07, 6.45) is 2.07. The summed E-state index contributed by atoms with van der Waals surface area (Å²) in [7, 11) is 0. The number of nitrogens with one attached hydrogen (secondary N) is 2. The molecule has 2 aromatic heterocycles. The number of carbonyl (C=O) groups excluding carboxylic acids is 2. The van der Waals surface area contributed by atoms with Crippen LogP contribution < -0.4 is 15.5 Å². The number of benzene rings is 2. The molecule has 0 aliphatic carbocycles. The summed E-state index contributed by atoms with van der Waals surface area (Å²) < 4.78 is 7.74. The number of morpholine rings is 1. The zero-order chi connectivity index (χ0) is 30.6. The van der Waals surface area contributed by atoms with Crippen LogP contribution in [-0.2, 0) is 4.74 Å². The van der Waals surface area contributed by atoms with Gasteiger partial charge in [0.2, 0.25) is 0 Å². The molecule has 11 nitrogen and oxygen atoms in total. The normalized spacial score (nSPS) is 16.0. The van der Waals surface area contributed by atoms with Gasteiger partial charge in [-0.05, 0) is 75.0 Å². The topological polar surface area (TPSA) is 108 Å². The Morgan fingerprint density at radius 1 is 0.841 bits per heavy atom. The maximum Gasteiger partial charge on any atom is 0.323 e. The van der Waals surface area contributed by atoms with Crippen molar-refractivity contribution in [3.8, 4) is 11.4 Å². The molecule has 2 aromatic carbocycles. The SMILES string of the molecule is CCN1CCN(C(=O)c2ccc(NC(=O)Nc3ccc(-c4nc(N5CCOCC5)c5ccn(C(C)C)c5n4)cc3)cc2)CC1. The molecule has 2 fully saturated rings. The van der Waals surface area contributed by atoms with E-state index >= 15 is 0 Å². The lowest BCUT2D eigenvalue weighted by atomic mass is 10.1. The first-order chi connectivity index (χ1) is 21.4. The van der Waals surface area contributed by atoms with E-state index < -0.39 is 0 Å². The number of nitrogens with zero attached hydrogens (tertiary/aromatic N) is 6. The second-order valence-corrected chi connectivity index (χ2v) is 11.5. The van der Waals surface area contributed by atoms with Crippen molar-refractivity contribution >= 4 is 40.2 Å². The molecule has 0 unspecified atom stereocenters. The van der Waals surface area contributed by atoms with Gasteiger partial charge in [-0.1, -0.05) is 6.92 Å². The van der Waals surface area contributed by atoms with E-state index in [9.17, 15) is 9.59 Å². The Balaban J connectivity index is 1.12. The molecule has 0 spiro atoms. The van der Waals surface area contributed by atoms with Crippen LogP contribution in [0.3, 0.4) is 0 Å². The Labute approximate surface area is 257 Å². The minimum Gasteiger partial charge on any atom is -0.378 e. The Kier molecular flexibility index (Phi) is 8.76. The Bertz CT molecular complexity index is 1600. The fourth-order valence-corrected chi connectivity index (χ4v) is 5.72. The Hall–Kier alpha value is -4.48. The van der Waals surface area contributed by atoms with Gasteiger partial charge in [-0.3, -0.25) is 4.79 Å². The van der Waals surface area contributed by atoms with E-state index in [4.69, 9.17) is 14.7 Å². The number of hydrogen-bond donors (Lipinski definition) is 2. The molecule has 4 aromatic rings. The van der Waals surface area contributed by atoms with E-state index in [1.165, 1.54) is 0 Å². The first-order valence-corrected chi connectivity index (χ1v) is 15.4. The summed E-state index contributed by atoms with van der Waals surface area (Å²) in [6.45, 7) is 13.6. The zero-order valence-corrected chi connectivity index (χ0v) is 25.6. The largest absolute Gasteiger partial charge is 0.378 e. The lowest BCUT2D eigenvalue weighted by Gasteiger charge is -2.34. The fourth-order valence-electron chi connectivity index (χ4n) is 5.72. The summed E-state index contributed by atoms with van der Waals surface area (Å²) in [6, 6.07) is 16.5. The van der Waals surface area contributed by atoms with Gasteiger partial charge in [-0.25, -0.2) is 14.8 Å². The standard InChI is InChI=1S/C33H40N8O3/c1-4-38-15-17-40(18-16-38)32(42)25-7-11-27(12-8-25)35-33(43)34-26-9-5-24(6-10-26)29-36-30(39-19-21-44-22-20-39)28-13-14-41(23(2)3)31(28)37-29/h5-14,23H,4,15-22H2,1-3H3,(H2,34,35,43). The molecule has 2 saturated heterocycles. The smallest absolute Gasteiger partial charge is 0.323 e. The number of likely N-dealkylation sites (N-methyl/N-ethyl adjacent to an activating group) is 1. The first-order valence-electron chi connectivity index (χ1n) is 15.4. The van der Waals surface area contributed by atoms with Crippen molar-refractivity contribution in [1.82, 2.24) is 24.3 Å². The molecular formula is C33H40N8O3. The van der Waals surface area contributed by atoms with E-state index in [2.05, 4.69) is 58.0 Å². The van der Waals surface area contributed by atoms with E-state index in [-0.39, 0.29) is 18.0 Å². The summed E-state index contributed by atoms with van der Waals surface area (Å²) >= 11 is 0. The van der Waals surface area contributed by atoms with E-state index in [0.29, 0.717) is 36.0 Å². The highest BCUT2D eigenvalue weighted by atomic mass is 16.5. The van der Waals surface area contributed by atoms with E-state index in [1.54, 1.807) is 24.3 Å². The zero-order valence-electron chi connectivity index (χ0n) is 25.6. The molecule has 3 amide bonds. The van der Waals surface area contributed by atoms with Crippen LogP contribution in [0, 0.1) is 0 Å². The molecule has 2 N–H and O–H groups in total. The summed E-state index contributed by atoms with van der Waals surface area (Å²) in [5.41, 5.74) is 3.63. The van der Waals surface area contributed by atoms with Gasteiger partial charge in [0.05, 0.1) is 18.6 Å². The monoisotopic (exact) mass is 596 g/mol. The van der Waals surface area contributed by atoms with Gasteiger partial charge in [0.15, 0.2) is 5.82 Å². The average molecular weight is 597 g/mol. The summed E-state index contributed by atoms with van der Waals surface area (Å²) in [5, 5.41) is 6.77. The second-order valence-electron chi connectivity index (χ2n) is 11.5. The quantitative estimate of drug-likeness (QED) is 0.311. The average Bonchev–Trinajstić information content (AvgIpc) is 3.50. The molecule has 0 saturated carbocycles. The fraction of sp³-hybridized carbons (Fsp3) is 0.394. The number of anilines is 3. The number of ether oxygens (including phenoxy) is 1. The van der Waals surface area contributed by atoms with Crippen molar-refractivity contribution in [3.63, 3.8) is 0 Å². The van der Waals surface area contributed by atoms with E-state index in [1.807, 2.05) is 29.2 Å². The molecule has 6 rings (SSSR count). The minimum absolute atomic E-state index is 0.0226. The lowest BCUT2D eigenvalue weighted by Crippen LogP contribution is -2.48. The van der Waals surface area contributed by atoms with Gasteiger partial charge in [0, 0.05) is 74.0 Å². The predicted molar refractivity (Wildman–Crippen MR) is 173 cm³/mol. The van der Waals surface area contributed by atoms with Crippen molar-refractivity contribution in [2.45, 2.75) is 26.8 Å². The van der Waals surface area contributed by atoms with Crippen molar-refractivity contribution in [2.24, 2.45) is 0 Å². The molecule has 0 bridgehead atoms. The predicted octanol–water partition coefficient (Wildman–Crippen LogP) is 4.94. The van der Waals surface area contributed by atoms with Crippen LogP contribution >= 0.6 is 0 Å². The minimum atomic E-state index is -0.366. The third-order valence-corrected chi connectivity index (χ3v) is 8.32. The molecule has 44 heavy (non-hydrogen) atoms. The maximum absolute atomic E-state index is 12.9. The molecule has 11 heteroatoms. The third-order valence-electron chi connectivity index (χ3n) is 8.32.